The van der Waals surface area contributed by atoms with Gasteiger partial charge in [0, 0.05) is 26.7 Å². The van der Waals surface area contributed by atoms with Crippen molar-refractivity contribution >= 4 is 12.1 Å². The number of carbonyl (C=O) groups is 2. The summed E-state index contributed by atoms with van der Waals surface area (Å²) in [5.74, 6) is -0.462. The predicted molar refractivity (Wildman–Crippen MR) is 121 cm³/mol. The molecule has 1 aliphatic rings. The van der Waals surface area contributed by atoms with Crippen LogP contribution in [0.2, 0.25) is 0 Å². The maximum Gasteiger partial charge on any atom is 0.410 e. The van der Waals surface area contributed by atoms with E-state index in [-0.39, 0.29) is 12.7 Å². The van der Waals surface area contributed by atoms with Gasteiger partial charge in [0.05, 0.1) is 5.92 Å². The van der Waals surface area contributed by atoms with Gasteiger partial charge in [0.2, 0.25) is 0 Å². The molecule has 1 saturated carbocycles. The average Bonchev–Trinajstić information content (AvgIpc) is 3.44. The number of aromatic nitrogens is 3. The molecule has 1 fully saturated rings. The maximum atomic E-state index is 12.5. The molecule has 0 radical (unpaired) electrons. The SMILES string of the molecule is CN(Cc1ccccc1)C(=O)OCc1c(-c2ccc(OC3CCCC(C(=O)O)C3)o2)nnn1C. The lowest BCUT2D eigenvalue weighted by atomic mass is 9.87. The molecule has 2 atom stereocenters. The normalized spacial score (nSPS) is 17.8. The van der Waals surface area contributed by atoms with Crippen molar-refractivity contribution in [1.29, 1.82) is 0 Å². The van der Waals surface area contributed by atoms with Gasteiger partial charge in [-0.3, -0.25) is 4.79 Å². The highest BCUT2D eigenvalue weighted by molar-refractivity contribution is 5.70. The fraction of sp³-hybridized carbons (Fsp3) is 0.417. The molecule has 34 heavy (non-hydrogen) atoms. The standard InChI is InChI=1S/C24H28N4O6/c1-27(14-16-7-4-3-5-8-16)24(31)32-15-19-22(25-26-28(19)2)20-11-12-21(34-20)33-18-10-6-9-17(13-18)23(29)30/h3-5,7-8,11-12,17-18H,6,9-10,13-15H2,1-2H3,(H,29,30). The Morgan fingerprint density at radius 2 is 2.00 bits per heavy atom. The van der Waals surface area contributed by atoms with E-state index in [0.29, 0.717) is 42.5 Å². The molecule has 0 aliphatic heterocycles. The molecule has 2 heterocycles. The van der Waals surface area contributed by atoms with Crippen molar-refractivity contribution in [1.82, 2.24) is 19.9 Å². The van der Waals surface area contributed by atoms with Gasteiger partial charge >= 0.3 is 12.1 Å². The zero-order chi connectivity index (χ0) is 24.1. The number of amides is 1. The summed E-state index contributed by atoms with van der Waals surface area (Å²) in [6.45, 7) is 0.398. The molecule has 1 aliphatic carbocycles. The van der Waals surface area contributed by atoms with Gasteiger partial charge in [-0.1, -0.05) is 35.5 Å². The third-order valence-electron chi connectivity index (χ3n) is 5.92. The Labute approximate surface area is 197 Å². The third kappa shape index (κ3) is 5.56. The van der Waals surface area contributed by atoms with E-state index in [1.165, 1.54) is 9.58 Å². The summed E-state index contributed by atoms with van der Waals surface area (Å²) in [6.07, 6.45) is 2.02. The van der Waals surface area contributed by atoms with Crippen molar-refractivity contribution in [2.24, 2.45) is 13.0 Å². The van der Waals surface area contributed by atoms with Crippen LogP contribution < -0.4 is 4.74 Å². The van der Waals surface area contributed by atoms with Gasteiger partial charge in [0.15, 0.2) is 11.5 Å². The van der Waals surface area contributed by atoms with E-state index in [9.17, 15) is 14.7 Å². The minimum atomic E-state index is -0.790. The summed E-state index contributed by atoms with van der Waals surface area (Å²) in [4.78, 5) is 25.3. The first-order valence-electron chi connectivity index (χ1n) is 11.2. The van der Waals surface area contributed by atoms with Crippen molar-refractivity contribution in [2.75, 3.05) is 7.05 Å². The number of aryl methyl sites for hydroxylation is 1. The number of hydrogen-bond acceptors (Lipinski definition) is 7. The fourth-order valence-corrected chi connectivity index (χ4v) is 4.04. The van der Waals surface area contributed by atoms with E-state index in [1.807, 2.05) is 30.3 Å². The highest BCUT2D eigenvalue weighted by Crippen LogP contribution is 2.32. The summed E-state index contributed by atoms with van der Waals surface area (Å²) >= 11 is 0. The molecule has 3 aromatic rings. The van der Waals surface area contributed by atoms with Crippen LogP contribution in [0.1, 0.15) is 36.9 Å². The molecule has 1 amide bonds. The molecule has 2 aromatic heterocycles. The number of carboxylic acids is 1. The number of nitrogens with zero attached hydrogens (tertiary/aromatic N) is 4. The molecule has 4 rings (SSSR count). The van der Waals surface area contributed by atoms with Gasteiger partial charge in [0.1, 0.15) is 18.4 Å². The minimum absolute atomic E-state index is 0.0311. The monoisotopic (exact) mass is 468 g/mol. The Bertz CT molecular complexity index is 1130. The molecule has 0 spiro atoms. The lowest BCUT2D eigenvalue weighted by Crippen LogP contribution is -2.29. The zero-order valence-electron chi connectivity index (χ0n) is 19.2. The lowest BCUT2D eigenvalue weighted by molar-refractivity contribution is -0.144. The lowest BCUT2D eigenvalue weighted by Gasteiger charge is -2.26. The van der Waals surface area contributed by atoms with Crippen molar-refractivity contribution in [3.63, 3.8) is 0 Å². The largest absolute Gasteiger partial charge is 0.481 e. The summed E-state index contributed by atoms with van der Waals surface area (Å²) in [6, 6.07) is 13.0. The Morgan fingerprint density at radius 1 is 1.21 bits per heavy atom. The quantitative estimate of drug-likeness (QED) is 0.529. The molecular weight excluding hydrogens is 440 g/mol. The molecule has 2 unspecified atom stereocenters. The van der Waals surface area contributed by atoms with Crippen LogP contribution >= 0.6 is 0 Å². The molecule has 0 saturated heterocycles. The van der Waals surface area contributed by atoms with Crippen molar-refractivity contribution in [3.05, 3.63) is 53.7 Å². The topological polar surface area (TPSA) is 120 Å². The van der Waals surface area contributed by atoms with Gasteiger partial charge in [-0.05, 0) is 37.3 Å². The van der Waals surface area contributed by atoms with Crippen molar-refractivity contribution < 1.29 is 28.6 Å². The van der Waals surface area contributed by atoms with Crippen LogP contribution in [0.5, 0.6) is 5.95 Å². The van der Waals surface area contributed by atoms with Crippen LogP contribution in [0.4, 0.5) is 4.79 Å². The smallest absolute Gasteiger partial charge is 0.410 e. The van der Waals surface area contributed by atoms with Gasteiger partial charge in [-0.2, -0.15) is 0 Å². The number of rotatable bonds is 8. The molecule has 0 bridgehead atoms. The minimum Gasteiger partial charge on any atom is -0.481 e. The zero-order valence-corrected chi connectivity index (χ0v) is 19.2. The molecule has 10 nitrogen and oxygen atoms in total. The highest BCUT2D eigenvalue weighted by atomic mass is 16.6. The molecular formula is C24H28N4O6. The first-order chi connectivity index (χ1) is 16.4. The second kappa shape index (κ2) is 10.4. The number of carbonyl (C=O) groups excluding carboxylic acids is 1. The number of benzene rings is 1. The van der Waals surface area contributed by atoms with Gasteiger partial charge in [0.25, 0.3) is 5.95 Å². The third-order valence-corrected chi connectivity index (χ3v) is 5.92. The number of aliphatic carboxylic acids is 1. The van der Waals surface area contributed by atoms with Crippen LogP contribution in [-0.4, -0.2) is 50.2 Å². The van der Waals surface area contributed by atoms with E-state index >= 15 is 0 Å². The molecule has 1 N–H and O–H groups in total. The van der Waals surface area contributed by atoms with Crippen LogP contribution in [-0.2, 0) is 29.7 Å². The molecule has 1 aromatic carbocycles. The number of hydrogen-bond donors (Lipinski definition) is 1. The number of ether oxygens (including phenoxy) is 2. The van der Waals surface area contributed by atoms with Crippen LogP contribution in [0, 0.1) is 5.92 Å². The summed E-state index contributed by atoms with van der Waals surface area (Å²) in [7, 11) is 3.38. The van der Waals surface area contributed by atoms with Crippen LogP contribution in [0.25, 0.3) is 11.5 Å². The Balaban J connectivity index is 1.37. The number of furan rings is 1. The average molecular weight is 469 g/mol. The Hall–Kier alpha value is -3.82. The second-order valence-corrected chi connectivity index (χ2v) is 8.46. The predicted octanol–water partition coefficient (Wildman–Crippen LogP) is 3.87. The summed E-state index contributed by atoms with van der Waals surface area (Å²) in [5.41, 5.74) is 2.02. The van der Waals surface area contributed by atoms with E-state index < -0.39 is 18.0 Å². The summed E-state index contributed by atoms with van der Waals surface area (Å²) in [5, 5.41) is 17.5. The first-order valence-corrected chi connectivity index (χ1v) is 11.2. The Morgan fingerprint density at radius 3 is 2.76 bits per heavy atom. The van der Waals surface area contributed by atoms with E-state index in [1.54, 1.807) is 26.2 Å². The molecule has 180 valence electrons. The molecule has 10 heteroatoms. The van der Waals surface area contributed by atoms with Crippen molar-refractivity contribution in [3.8, 4) is 17.4 Å². The van der Waals surface area contributed by atoms with Crippen LogP contribution in [0.15, 0.2) is 46.9 Å². The Kier molecular flexibility index (Phi) is 7.15. The second-order valence-electron chi connectivity index (χ2n) is 8.46. The van der Waals surface area contributed by atoms with Crippen LogP contribution in [0.3, 0.4) is 0 Å². The van der Waals surface area contributed by atoms with E-state index in [0.717, 1.165) is 18.4 Å². The first kappa shape index (κ1) is 23.3. The van der Waals surface area contributed by atoms with Gasteiger partial charge in [-0.25, -0.2) is 9.48 Å². The van der Waals surface area contributed by atoms with Gasteiger partial charge in [-0.15, -0.1) is 5.10 Å². The maximum absolute atomic E-state index is 12.5. The van der Waals surface area contributed by atoms with Gasteiger partial charge < -0.3 is 23.9 Å². The number of carboxylic acid groups (broad SMARTS) is 1. The van der Waals surface area contributed by atoms with Crippen molar-refractivity contribution in [2.45, 2.75) is 44.9 Å². The van der Waals surface area contributed by atoms with E-state index in [4.69, 9.17) is 13.9 Å². The van der Waals surface area contributed by atoms with E-state index in [2.05, 4.69) is 10.3 Å². The fourth-order valence-electron chi connectivity index (χ4n) is 4.04. The highest BCUT2D eigenvalue weighted by Gasteiger charge is 2.29. The summed E-state index contributed by atoms with van der Waals surface area (Å²) < 4.78 is 18.7.